The molecule has 0 amide bonds. The van der Waals surface area contributed by atoms with E-state index in [-0.39, 0.29) is 0 Å². The summed E-state index contributed by atoms with van der Waals surface area (Å²) in [5, 5.41) is 7.43. The first-order valence-corrected chi connectivity index (χ1v) is 8.41. The van der Waals surface area contributed by atoms with Gasteiger partial charge in [-0.15, -0.1) is 0 Å². The third kappa shape index (κ3) is 5.78. The van der Waals surface area contributed by atoms with Crippen molar-refractivity contribution < 1.29 is 0 Å². The van der Waals surface area contributed by atoms with E-state index in [1.165, 1.54) is 16.8 Å². The number of benzene rings is 2. The van der Waals surface area contributed by atoms with Crippen molar-refractivity contribution in [1.29, 1.82) is 0 Å². The molecule has 2 rings (SSSR count). The summed E-state index contributed by atoms with van der Waals surface area (Å²) in [7, 11) is 5.86. The standard InChI is InChI=1S/C19H25ClN4/c1-21-19(22-12-11-15-5-4-6-17(20)13-15)23-14-16-7-9-18(10-8-16)24(2)3/h4-10,13H,11-12,14H2,1-3H3,(H2,21,22,23). The number of guanidine groups is 1. The Morgan fingerprint density at radius 2 is 1.79 bits per heavy atom. The number of rotatable bonds is 6. The third-order valence-electron chi connectivity index (χ3n) is 3.73. The first kappa shape index (κ1) is 18.1. The minimum absolute atomic E-state index is 0.741. The molecule has 2 aromatic carbocycles. The molecule has 0 aromatic heterocycles. The van der Waals surface area contributed by atoms with Gasteiger partial charge >= 0.3 is 0 Å². The average Bonchev–Trinajstić information content (AvgIpc) is 2.58. The minimum Gasteiger partial charge on any atom is -0.378 e. The zero-order valence-electron chi connectivity index (χ0n) is 14.5. The first-order chi connectivity index (χ1) is 11.6. The molecule has 0 unspecified atom stereocenters. The van der Waals surface area contributed by atoms with Crippen molar-refractivity contribution in [3.05, 3.63) is 64.7 Å². The van der Waals surface area contributed by atoms with Crippen LogP contribution in [0.3, 0.4) is 0 Å². The van der Waals surface area contributed by atoms with Crippen LogP contribution >= 0.6 is 11.6 Å². The maximum Gasteiger partial charge on any atom is 0.191 e. The number of hydrogen-bond donors (Lipinski definition) is 2. The summed E-state index contributed by atoms with van der Waals surface area (Å²) >= 11 is 6.00. The summed E-state index contributed by atoms with van der Waals surface area (Å²) in [5.74, 6) is 0.800. The fourth-order valence-electron chi connectivity index (χ4n) is 2.34. The highest BCUT2D eigenvalue weighted by atomic mass is 35.5. The second-order valence-electron chi connectivity index (χ2n) is 5.79. The normalized spacial score (nSPS) is 11.2. The molecule has 2 aromatic rings. The van der Waals surface area contributed by atoms with Gasteiger partial charge in [-0.2, -0.15) is 0 Å². The van der Waals surface area contributed by atoms with Gasteiger partial charge in [-0.25, -0.2) is 0 Å². The van der Waals surface area contributed by atoms with E-state index in [9.17, 15) is 0 Å². The van der Waals surface area contributed by atoms with Crippen LogP contribution in [0.1, 0.15) is 11.1 Å². The van der Waals surface area contributed by atoms with Gasteiger partial charge < -0.3 is 15.5 Å². The van der Waals surface area contributed by atoms with Gasteiger partial charge in [0.2, 0.25) is 0 Å². The van der Waals surface area contributed by atoms with Crippen molar-refractivity contribution >= 4 is 23.2 Å². The topological polar surface area (TPSA) is 39.7 Å². The van der Waals surface area contributed by atoms with Crippen LogP contribution in [0.15, 0.2) is 53.5 Å². The Kier molecular flexibility index (Phi) is 6.94. The lowest BCUT2D eigenvalue weighted by atomic mass is 10.1. The van der Waals surface area contributed by atoms with Crippen molar-refractivity contribution in [3.8, 4) is 0 Å². The molecule has 24 heavy (non-hydrogen) atoms. The van der Waals surface area contributed by atoms with E-state index in [1.54, 1.807) is 7.05 Å². The number of aliphatic imine (C=N–C) groups is 1. The Hall–Kier alpha value is -2.20. The van der Waals surface area contributed by atoms with Gasteiger partial charge in [0.05, 0.1) is 0 Å². The predicted octanol–water partition coefficient (Wildman–Crippen LogP) is 3.31. The highest BCUT2D eigenvalue weighted by Crippen LogP contribution is 2.12. The van der Waals surface area contributed by atoms with Gasteiger partial charge in [-0.3, -0.25) is 4.99 Å². The van der Waals surface area contributed by atoms with E-state index < -0.39 is 0 Å². The molecular formula is C19H25ClN4. The Bertz CT molecular complexity index is 665. The largest absolute Gasteiger partial charge is 0.378 e. The van der Waals surface area contributed by atoms with E-state index in [1.807, 2.05) is 32.3 Å². The summed E-state index contributed by atoms with van der Waals surface area (Å²) in [6.07, 6.45) is 0.902. The Morgan fingerprint density at radius 3 is 2.42 bits per heavy atom. The summed E-state index contributed by atoms with van der Waals surface area (Å²) < 4.78 is 0. The van der Waals surface area contributed by atoms with E-state index in [4.69, 9.17) is 11.6 Å². The Morgan fingerprint density at radius 1 is 1.04 bits per heavy atom. The lowest BCUT2D eigenvalue weighted by molar-refractivity contribution is 0.794. The van der Waals surface area contributed by atoms with E-state index in [0.29, 0.717) is 0 Å². The van der Waals surface area contributed by atoms with Crippen LogP contribution in [0, 0.1) is 0 Å². The van der Waals surface area contributed by atoms with Crippen LogP contribution in [0.25, 0.3) is 0 Å². The molecule has 0 radical (unpaired) electrons. The lowest BCUT2D eigenvalue weighted by Gasteiger charge is -2.14. The Labute approximate surface area is 149 Å². The third-order valence-corrected chi connectivity index (χ3v) is 3.97. The quantitative estimate of drug-likeness (QED) is 0.624. The molecule has 4 nitrogen and oxygen atoms in total. The summed E-state index contributed by atoms with van der Waals surface area (Å²) in [6.45, 7) is 1.55. The van der Waals surface area contributed by atoms with Crippen LogP contribution in [-0.2, 0) is 13.0 Å². The minimum atomic E-state index is 0.741. The average molecular weight is 345 g/mol. The summed E-state index contributed by atoms with van der Waals surface area (Å²) in [5.41, 5.74) is 3.63. The molecule has 0 fully saturated rings. The number of hydrogen-bond acceptors (Lipinski definition) is 2. The highest BCUT2D eigenvalue weighted by molar-refractivity contribution is 6.30. The number of nitrogens with zero attached hydrogens (tertiary/aromatic N) is 2. The molecule has 0 atom stereocenters. The van der Waals surface area contributed by atoms with Crippen molar-refractivity contribution in [2.75, 3.05) is 32.6 Å². The SMILES string of the molecule is CN=C(NCCc1cccc(Cl)c1)NCc1ccc(N(C)C)cc1. The number of halogens is 1. The van der Waals surface area contributed by atoms with Gasteiger partial charge in [0.15, 0.2) is 5.96 Å². The molecule has 0 aliphatic carbocycles. The molecule has 5 heteroatoms. The van der Waals surface area contributed by atoms with Gasteiger partial charge in [0.1, 0.15) is 0 Å². The maximum atomic E-state index is 6.00. The van der Waals surface area contributed by atoms with Crippen molar-refractivity contribution in [3.63, 3.8) is 0 Å². The molecule has 2 N–H and O–H groups in total. The van der Waals surface area contributed by atoms with Crippen molar-refractivity contribution in [1.82, 2.24) is 10.6 Å². The van der Waals surface area contributed by atoms with Crippen molar-refractivity contribution in [2.24, 2.45) is 4.99 Å². The molecule has 0 saturated heterocycles. The van der Waals surface area contributed by atoms with Crippen LogP contribution in [0.5, 0.6) is 0 Å². The predicted molar refractivity (Wildman–Crippen MR) is 104 cm³/mol. The summed E-state index contributed by atoms with van der Waals surface area (Å²) in [6, 6.07) is 16.4. The van der Waals surface area contributed by atoms with Gasteiger partial charge in [0.25, 0.3) is 0 Å². The molecular weight excluding hydrogens is 320 g/mol. The molecule has 0 heterocycles. The lowest BCUT2D eigenvalue weighted by Crippen LogP contribution is -2.37. The molecule has 128 valence electrons. The second kappa shape index (κ2) is 9.18. The van der Waals surface area contributed by atoms with Crippen molar-refractivity contribution in [2.45, 2.75) is 13.0 Å². The van der Waals surface area contributed by atoms with Gasteiger partial charge in [-0.1, -0.05) is 35.9 Å². The first-order valence-electron chi connectivity index (χ1n) is 8.03. The fourth-order valence-corrected chi connectivity index (χ4v) is 2.55. The Balaban J connectivity index is 1.78. The number of anilines is 1. The molecule has 0 saturated carbocycles. The maximum absolute atomic E-state index is 6.00. The van der Waals surface area contributed by atoms with Gasteiger partial charge in [0, 0.05) is 44.9 Å². The monoisotopic (exact) mass is 344 g/mol. The number of nitrogens with one attached hydrogen (secondary N) is 2. The van der Waals surface area contributed by atoms with Gasteiger partial charge in [-0.05, 0) is 41.8 Å². The highest BCUT2D eigenvalue weighted by Gasteiger charge is 2.00. The summed E-state index contributed by atoms with van der Waals surface area (Å²) in [4.78, 5) is 6.35. The molecule has 0 spiro atoms. The van der Waals surface area contributed by atoms with Crippen LogP contribution in [0.4, 0.5) is 5.69 Å². The van der Waals surface area contributed by atoms with E-state index in [2.05, 4.69) is 50.9 Å². The van der Waals surface area contributed by atoms with Crippen LogP contribution in [-0.4, -0.2) is 33.6 Å². The zero-order chi connectivity index (χ0) is 17.4. The molecule has 0 aliphatic rings. The van der Waals surface area contributed by atoms with E-state index in [0.717, 1.165) is 30.5 Å². The van der Waals surface area contributed by atoms with E-state index >= 15 is 0 Å². The molecule has 0 bridgehead atoms. The smallest absolute Gasteiger partial charge is 0.191 e. The second-order valence-corrected chi connectivity index (χ2v) is 6.23. The zero-order valence-corrected chi connectivity index (χ0v) is 15.3. The van der Waals surface area contributed by atoms with Crippen LogP contribution < -0.4 is 15.5 Å². The fraction of sp³-hybridized carbons (Fsp3) is 0.316. The molecule has 0 aliphatic heterocycles. The van der Waals surface area contributed by atoms with Crippen LogP contribution in [0.2, 0.25) is 5.02 Å².